The van der Waals surface area contributed by atoms with Crippen LogP contribution in [0.5, 0.6) is 0 Å². The van der Waals surface area contributed by atoms with Gasteiger partial charge in [-0.3, -0.25) is 0 Å². The van der Waals surface area contributed by atoms with Crippen LogP contribution in [0.25, 0.3) is 0 Å². The molecule has 1 saturated carbocycles. The molecule has 0 spiro atoms. The second-order valence-corrected chi connectivity index (χ2v) is 5.65. The van der Waals surface area contributed by atoms with Crippen molar-refractivity contribution in [2.24, 2.45) is 11.8 Å². The number of likely N-dealkylation sites (tertiary alicyclic amines) is 1. The first-order valence-corrected chi connectivity index (χ1v) is 6.73. The summed E-state index contributed by atoms with van der Waals surface area (Å²) >= 11 is 0. The van der Waals surface area contributed by atoms with Crippen LogP contribution in [-0.2, 0) is 0 Å². The van der Waals surface area contributed by atoms with Crippen molar-refractivity contribution in [3.63, 3.8) is 0 Å². The van der Waals surface area contributed by atoms with E-state index in [1.165, 1.54) is 51.9 Å². The fourth-order valence-corrected chi connectivity index (χ4v) is 2.77. The molecule has 2 unspecified atom stereocenters. The number of nitrogens with one attached hydrogen (secondary N) is 1. The van der Waals surface area contributed by atoms with Gasteiger partial charge < -0.3 is 10.2 Å². The van der Waals surface area contributed by atoms with E-state index in [1.54, 1.807) is 0 Å². The molecular formula is C13H26N2. The molecule has 2 fully saturated rings. The summed E-state index contributed by atoms with van der Waals surface area (Å²) in [6.45, 7) is 9.84. The Bertz CT molecular complexity index is 187. The molecule has 2 heteroatoms. The lowest BCUT2D eigenvalue weighted by atomic mass is 9.95. The zero-order valence-electron chi connectivity index (χ0n) is 10.3. The molecule has 0 aromatic heterocycles. The first-order valence-electron chi connectivity index (χ1n) is 6.73. The molecule has 0 radical (unpaired) electrons. The molecule has 2 nitrogen and oxygen atoms in total. The molecule has 0 aromatic carbocycles. The van der Waals surface area contributed by atoms with Gasteiger partial charge in [-0.2, -0.15) is 0 Å². The van der Waals surface area contributed by atoms with Crippen molar-refractivity contribution in [3.05, 3.63) is 0 Å². The van der Waals surface area contributed by atoms with E-state index in [-0.39, 0.29) is 0 Å². The number of nitrogens with zero attached hydrogens (tertiary/aromatic N) is 1. The van der Waals surface area contributed by atoms with Gasteiger partial charge in [0.25, 0.3) is 0 Å². The first kappa shape index (κ1) is 11.4. The normalized spacial score (nSPS) is 33.2. The molecule has 0 aromatic rings. The summed E-state index contributed by atoms with van der Waals surface area (Å²) < 4.78 is 0. The van der Waals surface area contributed by atoms with Gasteiger partial charge in [-0.05, 0) is 44.1 Å². The average Bonchev–Trinajstić information content (AvgIpc) is 2.98. The summed E-state index contributed by atoms with van der Waals surface area (Å²) in [7, 11) is 0. The maximum Gasteiger partial charge on any atom is 0.0198 e. The Kier molecular flexibility index (Phi) is 4.04. The van der Waals surface area contributed by atoms with E-state index in [1.807, 2.05) is 0 Å². The summed E-state index contributed by atoms with van der Waals surface area (Å²) in [4.78, 5) is 2.69. The third kappa shape index (κ3) is 3.76. The zero-order valence-corrected chi connectivity index (χ0v) is 10.3. The van der Waals surface area contributed by atoms with E-state index in [0.717, 1.165) is 17.9 Å². The van der Waals surface area contributed by atoms with Crippen molar-refractivity contribution in [1.82, 2.24) is 10.2 Å². The van der Waals surface area contributed by atoms with E-state index < -0.39 is 0 Å². The van der Waals surface area contributed by atoms with Gasteiger partial charge in [0.05, 0.1) is 0 Å². The van der Waals surface area contributed by atoms with Crippen LogP contribution in [0.4, 0.5) is 0 Å². The minimum atomic E-state index is 0.757. The smallest absolute Gasteiger partial charge is 0.0198 e. The number of hydrogen-bond donors (Lipinski definition) is 1. The summed E-state index contributed by atoms with van der Waals surface area (Å²) in [6.07, 6.45) is 5.60. The topological polar surface area (TPSA) is 15.3 Å². The molecule has 2 rings (SSSR count). The van der Waals surface area contributed by atoms with Gasteiger partial charge in [-0.25, -0.2) is 0 Å². The number of piperidine rings is 1. The van der Waals surface area contributed by atoms with Gasteiger partial charge >= 0.3 is 0 Å². The van der Waals surface area contributed by atoms with Gasteiger partial charge in [0.1, 0.15) is 0 Å². The highest BCUT2D eigenvalue weighted by atomic mass is 15.2. The zero-order chi connectivity index (χ0) is 10.7. The molecule has 1 heterocycles. The maximum absolute atomic E-state index is 3.68. The fourth-order valence-electron chi connectivity index (χ4n) is 2.77. The first-order chi connectivity index (χ1) is 7.28. The summed E-state index contributed by atoms with van der Waals surface area (Å²) in [5.74, 6) is 1.92. The predicted octanol–water partition coefficient (Wildman–Crippen LogP) is 2.11. The van der Waals surface area contributed by atoms with Crippen LogP contribution in [-0.4, -0.2) is 37.1 Å². The Morgan fingerprint density at radius 2 is 2.07 bits per heavy atom. The average molecular weight is 210 g/mol. The minimum absolute atomic E-state index is 0.757. The van der Waals surface area contributed by atoms with Crippen LogP contribution in [0.15, 0.2) is 0 Å². The Labute approximate surface area is 94.4 Å². The van der Waals surface area contributed by atoms with Gasteiger partial charge in [0.15, 0.2) is 0 Å². The van der Waals surface area contributed by atoms with Crippen molar-refractivity contribution < 1.29 is 0 Å². The Hall–Kier alpha value is -0.0800. The Balaban J connectivity index is 1.74. The van der Waals surface area contributed by atoms with E-state index in [4.69, 9.17) is 0 Å². The molecule has 0 amide bonds. The lowest BCUT2D eigenvalue weighted by Crippen LogP contribution is -2.49. The monoisotopic (exact) mass is 210 g/mol. The molecule has 88 valence electrons. The second kappa shape index (κ2) is 5.31. The maximum atomic E-state index is 3.68. The molecule has 1 aliphatic heterocycles. The van der Waals surface area contributed by atoms with Crippen LogP contribution in [0.3, 0.4) is 0 Å². The van der Waals surface area contributed by atoms with Gasteiger partial charge in [-0.15, -0.1) is 0 Å². The molecule has 1 aliphatic carbocycles. The Morgan fingerprint density at radius 1 is 1.27 bits per heavy atom. The number of rotatable bonds is 5. The second-order valence-electron chi connectivity index (χ2n) is 5.65. The molecule has 1 N–H and O–H groups in total. The highest BCUT2D eigenvalue weighted by Gasteiger charge is 2.29. The largest absolute Gasteiger partial charge is 0.313 e. The highest BCUT2D eigenvalue weighted by Crippen LogP contribution is 2.31. The van der Waals surface area contributed by atoms with Crippen LogP contribution in [0.1, 0.15) is 39.5 Å². The lowest BCUT2D eigenvalue weighted by molar-refractivity contribution is 0.144. The highest BCUT2D eigenvalue weighted by molar-refractivity contribution is 4.85. The minimum Gasteiger partial charge on any atom is -0.313 e. The van der Waals surface area contributed by atoms with Gasteiger partial charge in [0.2, 0.25) is 0 Å². The van der Waals surface area contributed by atoms with Crippen LogP contribution in [0, 0.1) is 11.8 Å². The summed E-state index contributed by atoms with van der Waals surface area (Å²) in [5, 5.41) is 3.68. The summed E-state index contributed by atoms with van der Waals surface area (Å²) in [5.41, 5.74) is 0. The summed E-state index contributed by atoms with van der Waals surface area (Å²) in [6, 6.07) is 0.757. The number of hydrogen-bond acceptors (Lipinski definition) is 2. The van der Waals surface area contributed by atoms with Gasteiger partial charge in [-0.1, -0.05) is 13.8 Å². The SMILES string of the molecule is CCCNC1CC(C)CN(CC2CC2)C1. The fraction of sp³-hybridized carbons (Fsp3) is 1.00. The van der Waals surface area contributed by atoms with Crippen molar-refractivity contribution in [2.45, 2.75) is 45.6 Å². The van der Waals surface area contributed by atoms with Crippen molar-refractivity contribution in [3.8, 4) is 0 Å². The Morgan fingerprint density at radius 3 is 2.73 bits per heavy atom. The van der Waals surface area contributed by atoms with Crippen LogP contribution >= 0.6 is 0 Å². The van der Waals surface area contributed by atoms with Crippen LogP contribution in [0.2, 0.25) is 0 Å². The van der Waals surface area contributed by atoms with E-state index >= 15 is 0 Å². The van der Waals surface area contributed by atoms with Crippen molar-refractivity contribution >= 4 is 0 Å². The quantitative estimate of drug-likeness (QED) is 0.747. The lowest BCUT2D eigenvalue weighted by Gasteiger charge is -2.37. The molecule has 0 bridgehead atoms. The standard InChI is InChI=1S/C13H26N2/c1-3-6-14-13-7-11(2)8-15(10-13)9-12-4-5-12/h11-14H,3-10H2,1-2H3. The van der Waals surface area contributed by atoms with Crippen LogP contribution < -0.4 is 5.32 Å². The molecule has 2 atom stereocenters. The predicted molar refractivity (Wildman–Crippen MR) is 65.0 cm³/mol. The molecule has 15 heavy (non-hydrogen) atoms. The third-order valence-electron chi connectivity index (χ3n) is 3.63. The molecular weight excluding hydrogens is 184 g/mol. The molecule has 2 aliphatic rings. The van der Waals surface area contributed by atoms with Gasteiger partial charge in [0, 0.05) is 25.7 Å². The van der Waals surface area contributed by atoms with E-state index in [0.29, 0.717) is 0 Å². The van der Waals surface area contributed by atoms with Crippen molar-refractivity contribution in [2.75, 3.05) is 26.2 Å². The third-order valence-corrected chi connectivity index (χ3v) is 3.63. The van der Waals surface area contributed by atoms with E-state index in [9.17, 15) is 0 Å². The van der Waals surface area contributed by atoms with E-state index in [2.05, 4.69) is 24.1 Å². The van der Waals surface area contributed by atoms with Crippen molar-refractivity contribution in [1.29, 1.82) is 0 Å². The molecule has 1 saturated heterocycles.